The summed E-state index contributed by atoms with van der Waals surface area (Å²) < 4.78 is 0. The topological polar surface area (TPSA) is 53.9 Å². The Labute approximate surface area is 177 Å². The van der Waals surface area contributed by atoms with Gasteiger partial charge in [-0.05, 0) is 55.0 Å². The van der Waals surface area contributed by atoms with Gasteiger partial charge in [-0.3, -0.25) is 9.59 Å². The van der Waals surface area contributed by atoms with E-state index in [0.29, 0.717) is 23.2 Å². The van der Waals surface area contributed by atoms with Crippen molar-refractivity contribution in [3.8, 4) is 0 Å². The van der Waals surface area contributed by atoms with Gasteiger partial charge in [0.2, 0.25) is 0 Å². The monoisotopic (exact) mass is 414 g/mol. The number of hydrogen-bond donors (Lipinski definition) is 2. The Hall–Kier alpha value is -2.37. The third kappa shape index (κ3) is 6.87. The van der Waals surface area contributed by atoms with Crippen LogP contribution >= 0.6 is 11.6 Å². The summed E-state index contributed by atoms with van der Waals surface area (Å²) in [6.07, 6.45) is 3.16. The molecule has 2 aromatic carbocycles. The molecule has 1 unspecified atom stereocenters. The molecule has 29 heavy (non-hydrogen) atoms. The van der Waals surface area contributed by atoms with E-state index >= 15 is 0 Å². The zero-order valence-electron chi connectivity index (χ0n) is 16.9. The average Bonchev–Trinajstić information content (AvgIpc) is 2.71. The van der Waals surface area contributed by atoms with Gasteiger partial charge in [-0.2, -0.15) is 0 Å². The molecular formula is C23H29ClN3O2+. The molecule has 1 fully saturated rings. The van der Waals surface area contributed by atoms with Gasteiger partial charge in [0.05, 0.1) is 7.05 Å². The molecule has 154 valence electrons. The number of amides is 2. The summed E-state index contributed by atoms with van der Waals surface area (Å²) in [6.45, 7) is 2.19. The third-order valence-electron chi connectivity index (χ3n) is 5.38. The van der Waals surface area contributed by atoms with Gasteiger partial charge in [-0.1, -0.05) is 41.9 Å². The van der Waals surface area contributed by atoms with Crippen molar-refractivity contribution in [2.45, 2.75) is 19.3 Å². The molecule has 2 N–H and O–H groups in total. The molecule has 1 atom stereocenters. The Morgan fingerprint density at radius 1 is 1.03 bits per heavy atom. The maximum Gasteiger partial charge on any atom is 0.279 e. The van der Waals surface area contributed by atoms with Crippen LogP contribution in [0, 0.1) is 5.92 Å². The largest absolute Gasteiger partial charge is 0.338 e. The quantitative estimate of drug-likeness (QED) is 0.730. The summed E-state index contributed by atoms with van der Waals surface area (Å²) in [6, 6.07) is 17.5. The molecule has 0 bridgehead atoms. The molecule has 3 rings (SSSR count). The molecule has 1 aliphatic heterocycles. The fraction of sp³-hybridized carbons (Fsp3) is 0.391. The van der Waals surface area contributed by atoms with Crippen LogP contribution in [0.15, 0.2) is 54.6 Å². The summed E-state index contributed by atoms with van der Waals surface area (Å²) in [5.74, 6) is 0.649. The normalized spacial score (nSPS) is 15.7. The van der Waals surface area contributed by atoms with E-state index in [2.05, 4.69) is 29.6 Å². The summed E-state index contributed by atoms with van der Waals surface area (Å²) in [5.41, 5.74) is 2.08. The number of halogens is 1. The molecule has 6 heteroatoms. The lowest BCUT2D eigenvalue weighted by atomic mass is 9.90. The Bertz CT molecular complexity index is 803. The lowest BCUT2D eigenvalue weighted by molar-refractivity contribution is -0.862. The number of nitrogens with zero attached hydrogens (tertiary/aromatic N) is 1. The number of piperidine rings is 1. The number of carbonyl (C=O) groups excluding carboxylic acids is 2. The zero-order chi connectivity index (χ0) is 20.6. The van der Waals surface area contributed by atoms with Crippen molar-refractivity contribution in [1.82, 2.24) is 4.90 Å². The molecule has 0 radical (unpaired) electrons. The maximum atomic E-state index is 12.6. The molecule has 0 aliphatic carbocycles. The minimum absolute atomic E-state index is 0.112. The first-order valence-electron chi connectivity index (χ1n) is 10.2. The first-order valence-corrected chi connectivity index (χ1v) is 10.6. The first kappa shape index (κ1) is 21.3. The fourth-order valence-electron chi connectivity index (χ4n) is 3.78. The van der Waals surface area contributed by atoms with E-state index in [1.807, 2.05) is 18.0 Å². The van der Waals surface area contributed by atoms with Crippen molar-refractivity contribution >= 4 is 29.1 Å². The van der Waals surface area contributed by atoms with Crippen LogP contribution in [0.25, 0.3) is 0 Å². The Kier molecular flexibility index (Phi) is 7.67. The van der Waals surface area contributed by atoms with Crippen LogP contribution in [-0.2, 0) is 16.0 Å². The van der Waals surface area contributed by atoms with E-state index < -0.39 is 0 Å². The van der Waals surface area contributed by atoms with Crippen LogP contribution in [0.5, 0.6) is 0 Å². The lowest BCUT2D eigenvalue weighted by Crippen LogP contribution is -3.11. The van der Waals surface area contributed by atoms with Gasteiger partial charge in [0.25, 0.3) is 11.8 Å². The van der Waals surface area contributed by atoms with Crippen LogP contribution in [-0.4, -0.2) is 49.9 Å². The van der Waals surface area contributed by atoms with E-state index in [-0.39, 0.29) is 18.4 Å². The van der Waals surface area contributed by atoms with Crippen LogP contribution in [0.3, 0.4) is 0 Å². The zero-order valence-corrected chi connectivity index (χ0v) is 17.6. The lowest BCUT2D eigenvalue weighted by Gasteiger charge is -2.32. The highest BCUT2D eigenvalue weighted by Gasteiger charge is 2.25. The minimum atomic E-state index is -0.112. The van der Waals surface area contributed by atoms with Crippen molar-refractivity contribution in [1.29, 1.82) is 0 Å². The van der Waals surface area contributed by atoms with Crippen molar-refractivity contribution in [2.24, 2.45) is 5.92 Å². The number of anilines is 1. The maximum absolute atomic E-state index is 12.6. The predicted octanol–water partition coefficient (Wildman–Crippen LogP) is 2.27. The van der Waals surface area contributed by atoms with Crippen LogP contribution < -0.4 is 10.2 Å². The Morgan fingerprint density at radius 3 is 2.34 bits per heavy atom. The van der Waals surface area contributed by atoms with Gasteiger partial charge in [-0.25, -0.2) is 0 Å². The van der Waals surface area contributed by atoms with E-state index in [9.17, 15) is 9.59 Å². The predicted molar refractivity (Wildman–Crippen MR) is 116 cm³/mol. The number of rotatable bonds is 7. The molecule has 0 spiro atoms. The molecule has 1 heterocycles. The second kappa shape index (κ2) is 10.4. The third-order valence-corrected chi connectivity index (χ3v) is 5.63. The summed E-state index contributed by atoms with van der Waals surface area (Å²) in [7, 11) is 1.88. The number of likely N-dealkylation sites (tertiary alicyclic amines) is 1. The highest BCUT2D eigenvalue weighted by molar-refractivity contribution is 6.30. The molecule has 5 nitrogen and oxygen atoms in total. The Balaban J connectivity index is 1.38. The van der Waals surface area contributed by atoms with E-state index in [1.54, 1.807) is 24.3 Å². The summed E-state index contributed by atoms with van der Waals surface area (Å²) in [5, 5.41) is 3.47. The van der Waals surface area contributed by atoms with Gasteiger partial charge in [0.15, 0.2) is 13.1 Å². The van der Waals surface area contributed by atoms with Gasteiger partial charge < -0.3 is 15.1 Å². The van der Waals surface area contributed by atoms with Gasteiger partial charge >= 0.3 is 0 Å². The Morgan fingerprint density at radius 2 is 1.69 bits per heavy atom. The van der Waals surface area contributed by atoms with Crippen LogP contribution in [0.1, 0.15) is 18.4 Å². The standard InChI is InChI=1S/C23H28ClN3O2/c1-26(16-22(28)25-21-9-7-20(24)8-10-21)17-23(29)27-13-11-19(12-14-27)15-18-5-3-2-4-6-18/h2-10,19H,11-17H2,1H3,(H,25,28)/p+1. The van der Waals surface area contributed by atoms with Gasteiger partial charge in [0.1, 0.15) is 0 Å². The molecule has 2 amide bonds. The number of carbonyl (C=O) groups is 2. The first-order chi connectivity index (χ1) is 14.0. The molecular weight excluding hydrogens is 386 g/mol. The van der Waals surface area contributed by atoms with E-state index in [1.165, 1.54) is 5.56 Å². The molecule has 1 aliphatic rings. The smallest absolute Gasteiger partial charge is 0.279 e. The van der Waals surface area contributed by atoms with Crippen molar-refractivity contribution in [2.75, 3.05) is 38.5 Å². The molecule has 0 aromatic heterocycles. The highest BCUT2D eigenvalue weighted by atomic mass is 35.5. The van der Waals surface area contributed by atoms with Crippen molar-refractivity contribution in [3.05, 3.63) is 65.2 Å². The fourth-order valence-corrected chi connectivity index (χ4v) is 3.90. The number of likely N-dealkylation sites (N-methyl/N-ethyl adjacent to an activating group) is 1. The highest BCUT2D eigenvalue weighted by Crippen LogP contribution is 2.21. The van der Waals surface area contributed by atoms with Crippen molar-refractivity contribution < 1.29 is 14.5 Å². The number of quaternary nitrogens is 1. The second-order valence-electron chi connectivity index (χ2n) is 7.88. The average molecular weight is 415 g/mol. The summed E-state index contributed by atoms with van der Waals surface area (Å²) >= 11 is 5.85. The summed E-state index contributed by atoms with van der Waals surface area (Å²) in [4.78, 5) is 27.6. The number of hydrogen-bond acceptors (Lipinski definition) is 2. The number of nitrogens with one attached hydrogen (secondary N) is 2. The van der Waals surface area contributed by atoms with E-state index in [4.69, 9.17) is 11.6 Å². The molecule has 2 aromatic rings. The minimum Gasteiger partial charge on any atom is -0.338 e. The molecule has 1 saturated heterocycles. The second-order valence-corrected chi connectivity index (χ2v) is 8.32. The van der Waals surface area contributed by atoms with Crippen molar-refractivity contribution in [3.63, 3.8) is 0 Å². The van der Waals surface area contributed by atoms with Crippen LogP contribution in [0.2, 0.25) is 5.02 Å². The van der Waals surface area contributed by atoms with Gasteiger partial charge in [0, 0.05) is 23.8 Å². The number of benzene rings is 2. The molecule has 0 saturated carbocycles. The van der Waals surface area contributed by atoms with Crippen LogP contribution in [0.4, 0.5) is 5.69 Å². The van der Waals surface area contributed by atoms with E-state index in [0.717, 1.165) is 37.3 Å². The SMILES string of the molecule is C[NH+](CC(=O)Nc1ccc(Cl)cc1)CC(=O)N1CCC(Cc2ccccc2)CC1. The van der Waals surface area contributed by atoms with Gasteiger partial charge in [-0.15, -0.1) is 0 Å².